The molecule has 1 aromatic rings. The van der Waals surface area contributed by atoms with Gasteiger partial charge in [0.25, 0.3) is 0 Å². The molecule has 126 valence electrons. The number of rotatable bonds is 8. The quantitative estimate of drug-likeness (QED) is 0.571. The molecule has 0 saturated heterocycles. The topological polar surface area (TPSA) is 62.3 Å². The largest absolute Gasteiger partial charge is 0.400 e. The van der Waals surface area contributed by atoms with E-state index in [1.54, 1.807) is 0 Å². The molecule has 0 aromatic carbocycles. The number of aryl methyl sites for hydroxylation is 1. The Morgan fingerprint density at radius 3 is 2.73 bits per heavy atom. The van der Waals surface area contributed by atoms with Gasteiger partial charge in [-0.2, -0.15) is 5.10 Å². The van der Waals surface area contributed by atoms with Crippen molar-refractivity contribution in [2.75, 3.05) is 0 Å². The summed E-state index contributed by atoms with van der Waals surface area (Å²) in [5.74, 6) is 0. The van der Waals surface area contributed by atoms with Crippen LogP contribution in [0.1, 0.15) is 50.4 Å². The van der Waals surface area contributed by atoms with Gasteiger partial charge in [-0.25, -0.2) is 0 Å². The third kappa shape index (κ3) is 4.08. The fourth-order valence-electron chi connectivity index (χ4n) is 3.16. The maximum atomic E-state index is 6.18. The molecule has 1 unspecified atom stereocenters. The van der Waals surface area contributed by atoms with E-state index in [0.29, 0.717) is 0 Å². The summed E-state index contributed by atoms with van der Waals surface area (Å²) in [6.45, 7) is 9.72. The molecule has 7 heteroatoms. The number of nitrogens with two attached hydrogens (primary N) is 1. The first-order valence-corrected chi connectivity index (χ1v) is 12.5. The van der Waals surface area contributed by atoms with Crippen LogP contribution < -0.4 is 5.73 Å². The highest BCUT2D eigenvalue weighted by Gasteiger charge is 2.31. The molecule has 0 amide bonds. The molecule has 1 atom stereocenters. The van der Waals surface area contributed by atoms with Crippen molar-refractivity contribution >= 4 is 19.5 Å². The minimum atomic E-state index is -0.465. The Bertz CT molecular complexity index is 473. The summed E-state index contributed by atoms with van der Waals surface area (Å²) >= 11 is 0. The number of aromatic nitrogens is 2. The summed E-state index contributed by atoms with van der Waals surface area (Å²) in [6, 6.07) is 0.169. The van der Waals surface area contributed by atoms with Crippen molar-refractivity contribution in [2.24, 2.45) is 11.1 Å². The monoisotopic (exact) mass is 341 g/mol. The van der Waals surface area contributed by atoms with Gasteiger partial charge in [0, 0.05) is 29.3 Å². The maximum Gasteiger partial charge on any atom is 0.161 e. The van der Waals surface area contributed by atoms with Crippen molar-refractivity contribution in [1.82, 2.24) is 9.78 Å². The summed E-state index contributed by atoms with van der Waals surface area (Å²) in [7, 11) is -0.930. The lowest BCUT2D eigenvalue weighted by Gasteiger charge is -2.34. The smallest absolute Gasteiger partial charge is 0.161 e. The number of fused-ring (bicyclic) bond motifs is 1. The van der Waals surface area contributed by atoms with Crippen LogP contribution in [0.3, 0.4) is 0 Å². The summed E-state index contributed by atoms with van der Waals surface area (Å²) in [5, 5.41) is 4.58. The molecule has 0 radical (unpaired) electrons. The summed E-state index contributed by atoms with van der Waals surface area (Å²) in [6.07, 6.45) is 6.27. The molecule has 0 bridgehead atoms. The lowest BCUT2D eigenvalue weighted by Crippen LogP contribution is -2.37. The lowest BCUT2D eigenvalue weighted by molar-refractivity contribution is -0.0837. The van der Waals surface area contributed by atoms with E-state index in [4.69, 9.17) is 14.6 Å². The van der Waals surface area contributed by atoms with Crippen molar-refractivity contribution in [2.45, 2.75) is 71.5 Å². The van der Waals surface area contributed by atoms with Crippen LogP contribution >= 0.6 is 0 Å². The van der Waals surface area contributed by atoms with Crippen molar-refractivity contribution in [1.29, 1.82) is 0 Å². The van der Waals surface area contributed by atoms with E-state index in [9.17, 15) is 0 Å². The van der Waals surface area contributed by atoms with Gasteiger partial charge in [-0.3, -0.25) is 4.68 Å². The van der Waals surface area contributed by atoms with Gasteiger partial charge in [-0.05, 0) is 25.7 Å². The Morgan fingerprint density at radius 2 is 2.09 bits per heavy atom. The van der Waals surface area contributed by atoms with Gasteiger partial charge in [0.2, 0.25) is 0 Å². The van der Waals surface area contributed by atoms with E-state index in [2.05, 4.69) is 36.7 Å². The molecule has 1 aliphatic rings. The van der Waals surface area contributed by atoms with Crippen LogP contribution in [0.2, 0.25) is 13.1 Å². The first-order chi connectivity index (χ1) is 10.5. The van der Waals surface area contributed by atoms with Crippen LogP contribution in [-0.4, -0.2) is 35.6 Å². The van der Waals surface area contributed by atoms with Gasteiger partial charge in [0.1, 0.15) is 6.29 Å². The van der Waals surface area contributed by atoms with Crippen molar-refractivity contribution in [3.05, 3.63) is 17.5 Å². The lowest BCUT2D eigenvalue weighted by atomic mass is 9.88. The summed E-state index contributed by atoms with van der Waals surface area (Å²) in [4.78, 5) is 0. The Kier molecular flexibility index (Phi) is 6.39. The second kappa shape index (κ2) is 7.87. The maximum absolute atomic E-state index is 6.18. The third-order valence-electron chi connectivity index (χ3n) is 4.55. The molecule has 1 heterocycles. The van der Waals surface area contributed by atoms with Gasteiger partial charge in [-0.1, -0.05) is 26.9 Å². The number of nitrogens with zero attached hydrogens (tertiary/aromatic N) is 2. The van der Waals surface area contributed by atoms with Crippen LogP contribution in [-0.2, 0) is 21.8 Å². The standard InChI is InChI=1S/C15H31N3O2Si2/c1-15(2,14(19-21-3)20-22-4)8-9-18-13-7-5-6-12(16)11(13)10-17-18/h10,12,14H,5-9,16,21-22H2,1-4H3. The molecule has 1 aliphatic carbocycles. The second-order valence-electron chi connectivity index (χ2n) is 6.75. The Labute approximate surface area is 138 Å². The molecular weight excluding hydrogens is 310 g/mol. The molecular formula is C15H31N3O2Si2. The number of hydrogen-bond donors (Lipinski definition) is 1. The third-order valence-corrected chi connectivity index (χ3v) is 5.82. The van der Waals surface area contributed by atoms with E-state index >= 15 is 0 Å². The van der Waals surface area contributed by atoms with E-state index in [0.717, 1.165) is 25.8 Å². The second-order valence-corrected chi connectivity index (χ2v) is 8.57. The Balaban J connectivity index is 2.02. The fourth-order valence-corrected chi connectivity index (χ4v) is 5.05. The van der Waals surface area contributed by atoms with Crippen LogP contribution in [0.25, 0.3) is 0 Å². The molecule has 0 fully saturated rings. The summed E-state index contributed by atoms with van der Waals surface area (Å²) in [5.41, 5.74) is 8.78. The zero-order valence-corrected chi connectivity index (χ0v) is 17.3. The van der Waals surface area contributed by atoms with Gasteiger partial charge in [0.15, 0.2) is 19.5 Å². The highest BCUT2D eigenvalue weighted by molar-refractivity contribution is 6.26. The van der Waals surface area contributed by atoms with E-state index in [1.165, 1.54) is 17.7 Å². The highest BCUT2D eigenvalue weighted by atomic mass is 28.2. The predicted molar refractivity (Wildman–Crippen MR) is 95.3 cm³/mol. The molecule has 0 spiro atoms. The average molecular weight is 342 g/mol. The molecule has 1 aromatic heterocycles. The zero-order valence-electron chi connectivity index (χ0n) is 14.5. The van der Waals surface area contributed by atoms with Gasteiger partial charge >= 0.3 is 0 Å². The Hall–Kier alpha value is -0.476. The van der Waals surface area contributed by atoms with Gasteiger partial charge in [-0.15, -0.1) is 0 Å². The molecule has 2 rings (SSSR count). The molecule has 0 saturated carbocycles. The average Bonchev–Trinajstić information content (AvgIpc) is 2.90. The SMILES string of the molecule is C[SiH2]OC(O[SiH2]C)C(C)(C)CCn1ncc2c1CCCC2N. The van der Waals surface area contributed by atoms with Crippen LogP contribution in [0.5, 0.6) is 0 Å². The Morgan fingerprint density at radius 1 is 1.41 bits per heavy atom. The predicted octanol–water partition coefficient (Wildman–Crippen LogP) is 1.26. The van der Waals surface area contributed by atoms with Gasteiger partial charge in [0.05, 0.1) is 6.20 Å². The minimum Gasteiger partial charge on any atom is -0.400 e. The van der Waals surface area contributed by atoms with E-state index in [-0.39, 0.29) is 17.7 Å². The van der Waals surface area contributed by atoms with Gasteiger partial charge < -0.3 is 14.6 Å². The van der Waals surface area contributed by atoms with Crippen LogP contribution in [0, 0.1) is 5.41 Å². The minimum absolute atomic E-state index is 0.0155. The highest BCUT2D eigenvalue weighted by Crippen LogP contribution is 2.31. The van der Waals surface area contributed by atoms with Crippen molar-refractivity contribution in [3.8, 4) is 0 Å². The normalized spacial score (nSPS) is 21.0. The fraction of sp³-hybridized carbons (Fsp3) is 0.800. The summed E-state index contributed by atoms with van der Waals surface area (Å²) < 4.78 is 14.0. The number of hydrogen-bond acceptors (Lipinski definition) is 4. The molecule has 0 aliphatic heterocycles. The zero-order chi connectivity index (χ0) is 16.2. The van der Waals surface area contributed by atoms with Crippen LogP contribution in [0.4, 0.5) is 0 Å². The van der Waals surface area contributed by atoms with Crippen LogP contribution in [0.15, 0.2) is 6.20 Å². The first kappa shape index (κ1) is 17.9. The van der Waals surface area contributed by atoms with Crippen molar-refractivity contribution in [3.63, 3.8) is 0 Å². The van der Waals surface area contributed by atoms with E-state index in [1.807, 2.05) is 6.20 Å². The first-order valence-electron chi connectivity index (χ1n) is 8.53. The van der Waals surface area contributed by atoms with Crippen molar-refractivity contribution < 1.29 is 8.85 Å². The molecule has 5 nitrogen and oxygen atoms in total. The molecule has 22 heavy (non-hydrogen) atoms. The van der Waals surface area contributed by atoms with E-state index < -0.39 is 19.5 Å². The molecule has 2 N–H and O–H groups in total.